The maximum Gasteiger partial charge on any atom is 0.129 e. The van der Waals surface area contributed by atoms with Crippen LogP contribution in [0.3, 0.4) is 0 Å². The van der Waals surface area contributed by atoms with Crippen LogP contribution in [0.2, 0.25) is 0 Å². The zero-order valence-electron chi connectivity index (χ0n) is 10.2. The van der Waals surface area contributed by atoms with Crippen molar-refractivity contribution in [2.24, 2.45) is 0 Å². The first kappa shape index (κ1) is 13.9. The lowest BCUT2D eigenvalue weighted by Gasteiger charge is -2.32. The molecule has 2 N–H and O–H groups in total. The second-order valence-corrected chi connectivity index (χ2v) is 5.74. The van der Waals surface area contributed by atoms with E-state index in [-0.39, 0.29) is 11.9 Å². The van der Waals surface area contributed by atoms with Crippen LogP contribution in [-0.2, 0) is 10.3 Å². The van der Waals surface area contributed by atoms with Crippen molar-refractivity contribution in [2.45, 2.75) is 25.0 Å². The van der Waals surface area contributed by atoms with Crippen molar-refractivity contribution in [3.8, 4) is 0 Å². The molecular weight excluding hydrogens is 301 g/mol. The molecule has 3 nitrogen and oxygen atoms in total. The van der Waals surface area contributed by atoms with Crippen LogP contribution >= 0.6 is 15.9 Å². The highest BCUT2D eigenvalue weighted by atomic mass is 79.9. The van der Waals surface area contributed by atoms with E-state index in [1.54, 1.807) is 19.1 Å². The summed E-state index contributed by atoms with van der Waals surface area (Å²) < 4.78 is 19.9. The molecule has 1 aromatic rings. The summed E-state index contributed by atoms with van der Waals surface area (Å²) >= 11 is 3.30. The molecule has 2 unspecified atom stereocenters. The monoisotopic (exact) mass is 317 g/mol. The molecule has 100 valence electrons. The Bertz CT molecular complexity index is 419. The Hall–Kier alpha value is -0.490. The summed E-state index contributed by atoms with van der Waals surface area (Å²) in [5.41, 5.74) is -0.907. The smallest absolute Gasteiger partial charge is 0.129 e. The first-order chi connectivity index (χ1) is 8.49. The number of benzene rings is 1. The van der Waals surface area contributed by atoms with Crippen molar-refractivity contribution in [3.63, 3.8) is 0 Å². The van der Waals surface area contributed by atoms with Gasteiger partial charge >= 0.3 is 0 Å². The molecule has 2 rings (SSSR count). The normalized spacial score (nSPS) is 23.7. The van der Waals surface area contributed by atoms with Gasteiger partial charge < -0.3 is 15.2 Å². The largest absolute Gasteiger partial charge is 0.385 e. The third kappa shape index (κ3) is 3.29. The fourth-order valence-corrected chi connectivity index (χ4v) is 2.61. The first-order valence-corrected chi connectivity index (χ1v) is 6.77. The van der Waals surface area contributed by atoms with E-state index in [0.29, 0.717) is 25.2 Å². The van der Waals surface area contributed by atoms with Gasteiger partial charge in [-0.2, -0.15) is 0 Å². The lowest BCUT2D eigenvalue weighted by atomic mass is 9.88. The second-order valence-electron chi connectivity index (χ2n) is 4.83. The van der Waals surface area contributed by atoms with Crippen molar-refractivity contribution in [1.82, 2.24) is 5.32 Å². The standard InChI is InChI=1S/C13H17BrFNO2/c1-13(17,7-10-8-18-5-4-16-10)11-6-9(14)2-3-12(11)15/h2-3,6,10,16-17H,4-5,7-8H2,1H3. The Morgan fingerprint density at radius 3 is 3.06 bits per heavy atom. The predicted octanol–water partition coefficient (Wildman–Crippen LogP) is 2.17. The molecule has 1 aliphatic rings. The third-order valence-corrected chi connectivity index (χ3v) is 3.64. The van der Waals surface area contributed by atoms with E-state index >= 15 is 0 Å². The molecule has 18 heavy (non-hydrogen) atoms. The zero-order chi connectivity index (χ0) is 13.2. The van der Waals surface area contributed by atoms with Gasteiger partial charge in [-0.1, -0.05) is 15.9 Å². The van der Waals surface area contributed by atoms with Gasteiger partial charge in [-0.25, -0.2) is 4.39 Å². The summed E-state index contributed by atoms with van der Waals surface area (Å²) in [6.45, 7) is 3.63. The maximum absolute atomic E-state index is 13.8. The van der Waals surface area contributed by atoms with Gasteiger partial charge in [0.15, 0.2) is 0 Å². The lowest BCUT2D eigenvalue weighted by molar-refractivity contribution is 0.00108. The Labute approximate surface area is 114 Å². The van der Waals surface area contributed by atoms with Gasteiger partial charge in [0.2, 0.25) is 0 Å². The Kier molecular flexibility index (Phi) is 4.37. The van der Waals surface area contributed by atoms with Gasteiger partial charge in [0.05, 0.1) is 18.8 Å². The van der Waals surface area contributed by atoms with Crippen molar-refractivity contribution in [3.05, 3.63) is 34.1 Å². The fourth-order valence-electron chi connectivity index (χ4n) is 2.25. The Morgan fingerprint density at radius 1 is 1.61 bits per heavy atom. The summed E-state index contributed by atoms with van der Waals surface area (Å²) in [6, 6.07) is 4.65. The molecule has 0 aliphatic carbocycles. The number of nitrogens with one attached hydrogen (secondary N) is 1. The maximum atomic E-state index is 13.8. The zero-order valence-corrected chi connectivity index (χ0v) is 11.8. The van der Waals surface area contributed by atoms with E-state index in [9.17, 15) is 9.50 Å². The summed E-state index contributed by atoms with van der Waals surface area (Å²) in [5, 5.41) is 13.7. The van der Waals surface area contributed by atoms with E-state index in [2.05, 4.69) is 21.2 Å². The minimum atomic E-state index is -1.22. The number of hydrogen-bond acceptors (Lipinski definition) is 3. The number of morpholine rings is 1. The summed E-state index contributed by atoms with van der Waals surface area (Å²) in [7, 11) is 0. The highest BCUT2D eigenvalue weighted by Gasteiger charge is 2.31. The molecule has 1 fully saturated rings. The van der Waals surface area contributed by atoms with Crippen LogP contribution in [0.15, 0.2) is 22.7 Å². The van der Waals surface area contributed by atoms with Crippen molar-refractivity contribution in [2.75, 3.05) is 19.8 Å². The van der Waals surface area contributed by atoms with Crippen LogP contribution in [0.25, 0.3) is 0 Å². The molecule has 1 aromatic carbocycles. The van der Waals surface area contributed by atoms with Crippen LogP contribution < -0.4 is 5.32 Å². The molecule has 0 radical (unpaired) electrons. The third-order valence-electron chi connectivity index (χ3n) is 3.15. The summed E-state index contributed by atoms with van der Waals surface area (Å²) in [4.78, 5) is 0. The van der Waals surface area contributed by atoms with E-state index in [0.717, 1.165) is 11.0 Å². The van der Waals surface area contributed by atoms with Crippen LogP contribution in [-0.4, -0.2) is 30.9 Å². The van der Waals surface area contributed by atoms with Gasteiger partial charge in [-0.15, -0.1) is 0 Å². The predicted molar refractivity (Wildman–Crippen MR) is 70.9 cm³/mol. The van der Waals surface area contributed by atoms with Crippen molar-refractivity contribution < 1.29 is 14.2 Å². The van der Waals surface area contributed by atoms with Crippen LogP contribution in [0.1, 0.15) is 18.9 Å². The molecular formula is C13H17BrFNO2. The lowest BCUT2D eigenvalue weighted by Crippen LogP contribution is -2.45. The molecule has 2 atom stereocenters. The van der Waals surface area contributed by atoms with Gasteiger partial charge in [0, 0.05) is 22.6 Å². The van der Waals surface area contributed by atoms with Gasteiger partial charge in [-0.3, -0.25) is 0 Å². The topological polar surface area (TPSA) is 41.5 Å². The number of rotatable bonds is 3. The average Bonchev–Trinajstić information content (AvgIpc) is 2.33. The van der Waals surface area contributed by atoms with Crippen molar-refractivity contribution in [1.29, 1.82) is 0 Å². The Balaban J connectivity index is 2.15. The molecule has 5 heteroatoms. The highest BCUT2D eigenvalue weighted by Crippen LogP contribution is 2.30. The van der Waals surface area contributed by atoms with E-state index < -0.39 is 5.60 Å². The molecule has 1 heterocycles. The second kappa shape index (κ2) is 5.65. The van der Waals surface area contributed by atoms with Crippen LogP contribution in [0.5, 0.6) is 0 Å². The van der Waals surface area contributed by atoms with E-state index in [1.165, 1.54) is 6.07 Å². The van der Waals surface area contributed by atoms with Crippen molar-refractivity contribution >= 4 is 15.9 Å². The highest BCUT2D eigenvalue weighted by molar-refractivity contribution is 9.10. The SMILES string of the molecule is CC(O)(CC1COCCN1)c1cc(Br)ccc1F. The van der Waals surface area contributed by atoms with Crippen LogP contribution in [0.4, 0.5) is 4.39 Å². The first-order valence-electron chi connectivity index (χ1n) is 5.98. The fraction of sp³-hybridized carbons (Fsp3) is 0.538. The van der Waals surface area contributed by atoms with E-state index in [1.807, 2.05) is 0 Å². The minimum absolute atomic E-state index is 0.0483. The molecule has 1 aliphatic heterocycles. The number of hydrogen-bond donors (Lipinski definition) is 2. The quantitative estimate of drug-likeness (QED) is 0.897. The molecule has 0 saturated carbocycles. The molecule has 0 bridgehead atoms. The van der Waals surface area contributed by atoms with E-state index in [4.69, 9.17) is 4.74 Å². The minimum Gasteiger partial charge on any atom is -0.385 e. The molecule has 1 saturated heterocycles. The van der Waals surface area contributed by atoms with Gasteiger partial charge in [0.25, 0.3) is 0 Å². The molecule has 0 spiro atoms. The summed E-state index contributed by atoms with van der Waals surface area (Å²) in [6.07, 6.45) is 0.417. The summed E-state index contributed by atoms with van der Waals surface area (Å²) in [5.74, 6) is -0.389. The number of halogens is 2. The van der Waals surface area contributed by atoms with Crippen LogP contribution in [0, 0.1) is 5.82 Å². The number of aliphatic hydroxyl groups is 1. The van der Waals surface area contributed by atoms with Gasteiger partial charge in [-0.05, 0) is 31.5 Å². The number of ether oxygens (including phenoxy) is 1. The molecule has 0 amide bonds. The van der Waals surface area contributed by atoms with Gasteiger partial charge in [0.1, 0.15) is 5.82 Å². The average molecular weight is 318 g/mol. The molecule has 0 aromatic heterocycles. The Morgan fingerprint density at radius 2 is 2.39 bits per heavy atom.